The lowest BCUT2D eigenvalue weighted by Gasteiger charge is -2.30. The van der Waals surface area contributed by atoms with Crippen LogP contribution < -0.4 is 14.9 Å². The molecule has 34 heavy (non-hydrogen) atoms. The smallest absolute Gasteiger partial charge is 0.251 e. The summed E-state index contributed by atoms with van der Waals surface area (Å²) in [5, 5.41) is 5.98. The second-order valence-corrected chi connectivity index (χ2v) is 8.27. The average molecular weight is 462 g/mol. The summed E-state index contributed by atoms with van der Waals surface area (Å²) in [4.78, 5) is 19.3. The number of carbonyl (C=O) groups is 1. The molecule has 3 aromatic rings. The van der Waals surface area contributed by atoms with Gasteiger partial charge in [-0.25, -0.2) is 5.43 Å². The number of methoxy groups -OCH3 is 1. The van der Waals surface area contributed by atoms with Gasteiger partial charge in [-0.1, -0.05) is 29.4 Å². The van der Waals surface area contributed by atoms with E-state index >= 15 is 0 Å². The second kappa shape index (κ2) is 9.18. The van der Waals surface area contributed by atoms with Crippen molar-refractivity contribution < 1.29 is 18.8 Å². The monoisotopic (exact) mass is 461 g/mol. The largest absolute Gasteiger partial charge is 0.493 e. The molecule has 176 valence electrons. The van der Waals surface area contributed by atoms with Crippen molar-refractivity contribution in [2.24, 2.45) is 0 Å². The van der Waals surface area contributed by atoms with E-state index in [2.05, 4.69) is 34.6 Å². The molecule has 0 radical (unpaired) electrons. The quantitative estimate of drug-likeness (QED) is 0.571. The molecule has 0 aliphatic carbocycles. The first-order chi connectivity index (χ1) is 16.6. The summed E-state index contributed by atoms with van der Waals surface area (Å²) in [6, 6.07) is 13.5. The van der Waals surface area contributed by atoms with Gasteiger partial charge in [-0.15, -0.1) is 0 Å². The van der Waals surface area contributed by atoms with Crippen LogP contribution in [0, 0.1) is 6.92 Å². The number of rotatable bonds is 7. The van der Waals surface area contributed by atoms with Gasteiger partial charge in [0.1, 0.15) is 12.6 Å². The van der Waals surface area contributed by atoms with Crippen LogP contribution in [0.3, 0.4) is 0 Å². The Morgan fingerprint density at radius 1 is 1.18 bits per heavy atom. The van der Waals surface area contributed by atoms with Crippen LogP contribution in [-0.2, 0) is 11.3 Å². The molecule has 2 aliphatic rings. The Labute approximate surface area is 197 Å². The zero-order valence-electron chi connectivity index (χ0n) is 19.4. The molecule has 1 fully saturated rings. The number of hydrogen-bond donors (Lipinski definition) is 1. The molecule has 1 N–H and O–H groups in total. The molecule has 0 saturated carbocycles. The predicted molar refractivity (Wildman–Crippen MR) is 124 cm³/mol. The highest BCUT2D eigenvalue weighted by molar-refractivity contribution is 5.84. The number of benzene rings is 2. The molecule has 1 saturated heterocycles. The SMILES string of the molecule is CCOc1ccc(-c2noc(CN3C=CN4NC(c5ccccc5C)CC4C3=O)n2)cc1OC. The van der Waals surface area contributed by atoms with Gasteiger partial charge >= 0.3 is 0 Å². The van der Waals surface area contributed by atoms with Crippen LogP contribution in [0.1, 0.15) is 36.4 Å². The summed E-state index contributed by atoms with van der Waals surface area (Å²) < 4.78 is 16.4. The van der Waals surface area contributed by atoms with E-state index in [-0.39, 0.29) is 24.5 Å². The fourth-order valence-corrected chi connectivity index (χ4v) is 4.41. The number of nitrogens with one attached hydrogen (secondary N) is 1. The molecule has 1 aromatic heterocycles. The first kappa shape index (κ1) is 22.0. The number of hydrazine groups is 1. The van der Waals surface area contributed by atoms with Crippen molar-refractivity contribution in [3.8, 4) is 22.9 Å². The van der Waals surface area contributed by atoms with Crippen molar-refractivity contribution in [3.05, 3.63) is 71.9 Å². The first-order valence-electron chi connectivity index (χ1n) is 11.3. The van der Waals surface area contributed by atoms with E-state index in [1.807, 2.05) is 42.4 Å². The van der Waals surface area contributed by atoms with Gasteiger partial charge in [0.25, 0.3) is 5.91 Å². The number of ether oxygens (including phenoxy) is 2. The van der Waals surface area contributed by atoms with Gasteiger partial charge < -0.3 is 23.9 Å². The molecule has 3 heterocycles. The summed E-state index contributed by atoms with van der Waals surface area (Å²) in [6.45, 7) is 4.75. The van der Waals surface area contributed by atoms with Crippen LogP contribution in [0.4, 0.5) is 0 Å². The number of nitrogens with zero attached hydrogens (tertiary/aromatic N) is 4. The molecule has 1 amide bonds. The molecular weight excluding hydrogens is 434 g/mol. The maximum absolute atomic E-state index is 13.2. The Balaban J connectivity index is 1.28. The van der Waals surface area contributed by atoms with Crippen molar-refractivity contribution in [3.63, 3.8) is 0 Å². The highest BCUT2D eigenvalue weighted by Gasteiger charge is 2.40. The van der Waals surface area contributed by atoms with Gasteiger partial charge in [0, 0.05) is 18.0 Å². The Morgan fingerprint density at radius 2 is 2.03 bits per heavy atom. The first-order valence-corrected chi connectivity index (χ1v) is 11.3. The third-order valence-electron chi connectivity index (χ3n) is 6.13. The minimum Gasteiger partial charge on any atom is -0.493 e. The highest BCUT2D eigenvalue weighted by Crippen LogP contribution is 2.33. The van der Waals surface area contributed by atoms with E-state index < -0.39 is 0 Å². The van der Waals surface area contributed by atoms with E-state index in [1.54, 1.807) is 24.3 Å². The summed E-state index contributed by atoms with van der Waals surface area (Å²) in [6.07, 6.45) is 4.32. The molecule has 9 heteroatoms. The van der Waals surface area contributed by atoms with Gasteiger partial charge in [-0.3, -0.25) is 4.79 Å². The van der Waals surface area contributed by atoms with E-state index in [0.29, 0.717) is 36.2 Å². The van der Waals surface area contributed by atoms with Crippen molar-refractivity contribution >= 4 is 5.91 Å². The molecule has 9 nitrogen and oxygen atoms in total. The highest BCUT2D eigenvalue weighted by atomic mass is 16.5. The normalized spacial score (nSPS) is 19.4. The van der Waals surface area contributed by atoms with Crippen LogP contribution in [0.5, 0.6) is 11.5 Å². The zero-order chi connectivity index (χ0) is 23.7. The van der Waals surface area contributed by atoms with Crippen molar-refractivity contribution in [1.29, 1.82) is 0 Å². The minimum absolute atomic E-state index is 0.00595. The Hall–Kier alpha value is -3.85. The lowest BCUT2D eigenvalue weighted by atomic mass is 9.97. The number of fused-ring (bicyclic) bond motifs is 1. The molecule has 2 aliphatic heterocycles. The Kier molecular flexibility index (Phi) is 5.93. The third-order valence-corrected chi connectivity index (χ3v) is 6.13. The Morgan fingerprint density at radius 3 is 2.82 bits per heavy atom. The fourth-order valence-electron chi connectivity index (χ4n) is 4.41. The van der Waals surface area contributed by atoms with Crippen molar-refractivity contribution in [2.75, 3.05) is 13.7 Å². The molecule has 2 aromatic carbocycles. The second-order valence-electron chi connectivity index (χ2n) is 8.27. The van der Waals surface area contributed by atoms with Crippen molar-refractivity contribution in [2.45, 2.75) is 38.9 Å². The van der Waals surface area contributed by atoms with Gasteiger partial charge in [-0.2, -0.15) is 4.98 Å². The van der Waals surface area contributed by atoms with E-state index in [0.717, 1.165) is 5.56 Å². The van der Waals surface area contributed by atoms with Crippen LogP contribution >= 0.6 is 0 Å². The lowest BCUT2D eigenvalue weighted by molar-refractivity contribution is -0.135. The number of amides is 1. The topological polar surface area (TPSA) is 93.0 Å². The van der Waals surface area contributed by atoms with E-state index in [4.69, 9.17) is 14.0 Å². The third kappa shape index (κ3) is 4.10. The number of hydrogen-bond acceptors (Lipinski definition) is 8. The van der Waals surface area contributed by atoms with Gasteiger partial charge in [0.2, 0.25) is 11.7 Å². The van der Waals surface area contributed by atoms with E-state index in [9.17, 15) is 4.79 Å². The minimum atomic E-state index is -0.285. The van der Waals surface area contributed by atoms with Crippen LogP contribution in [0.2, 0.25) is 0 Å². The summed E-state index contributed by atoms with van der Waals surface area (Å²) in [5.41, 5.74) is 6.59. The predicted octanol–water partition coefficient (Wildman–Crippen LogP) is 3.59. The molecule has 0 spiro atoms. The van der Waals surface area contributed by atoms with Crippen LogP contribution in [0.15, 0.2) is 59.4 Å². The number of aromatic nitrogens is 2. The van der Waals surface area contributed by atoms with E-state index in [1.165, 1.54) is 11.1 Å². The number of carbonyl (C=O) groups excluding carboxylic acids is 1. The number of aryl methyl sites for hydroxylation is 1. The molecule has 0 bridgehead atoms. The van der Waals surface area contributed by atoms with Crippen LogP contribution in [-0.4, -0.2) is 45.7 Å². The van der Waals surface area contributed by atoms with Gasteiger partial charge in [-0.05, 0) is 49.6 Å². The molecule has 2 unspecified atom stereocenters. The van der Waals surface area contributed by atoms with Crippen LogP contribution in [0.25, 0.3) is 11.4 Å². The Bertz CT molecular complexity index is 1220. The standard InChI is InChI=1S/C25H27N5O4/c1-4-33-21-10-9-17(13-22(21)32-3)24-26-23(34-28-24)15-29-11-12-30-20(25(29)31)14-19(27-30)18-8-6-5-7-16(18)2/h5-13,19-20,27H,4,14-15H2,1-3H3. The van der Waals surface area contributed by atoms with Gasteiger partial charge in [0.05, 0.1) is 19.8 Å². The molecule has 2 atom stereocenters. The average Bonchev–Trinajstić information content (AvgIpc) is 3.49. The zero-order valence-corrected chi connectivity index (χ0v) is 19.4. The fraction of sp³-hybridized carbons (Fsp3) is 0.320. The molecule has 5 rings (SSSR count). The summed E-state index contributed by atoms with van der Waals surface area (Å²) in [7, 11) is 1.59. The van der Waals surface area contributed by atoms with Gasteiger partial charge in [0.15, 0.2) is 11.5 Å². The maximum Gasteiger partial charge on any atom is 0.251 e. The summed E-state index contributed by atoms with van der Waals surface area (Å²) >= 11 is 0. The lowest BCUT2D eigenvalue weighted by Crippen LogP contribution is -2.47. The van der Waals surface area contributed by atoms with Crippen molar-refractivity contribution in [1.82, 2.24) is 25.5 Å². The maximum atomic E-state index is 13.2. The molecular formula is C25H27N5O4. The summed E-state index contributed by atoms with van der Waals surface area (Å²) in [5.74, 6) is 2.02.